The van der Waals surface area contributed by atoms with Crippen LogP contribution in [0.25, 0.3) is 0 Å². The van der Waals surface area contributed by atoms with Gasteiger partial charge in [0.05, 0.1) is 6.42 Å². The Morgan fingerprint density at radius 2 is 1.30 bits per heavy atom. The van der Waals surface area contributed by atoms with E-state index < -0.39 is 5.97 Å². The maximum atomic E-state index is 10.2. The predicted octanol–water partition coefficient (Wildman–Crippen LogP) is 5.53. The number of carbonyl (C=O) groups is 1. The molecule has 113 valence electrons. The van der Waals surface area contributed by atoms with Gasteiger partial charge in [0.25, 0.3) is 0 Å². The van der Waals surface area contributed by atoms with Crippen LogP contribution >= 0.6 is 0 Å². The molecule has 0 heterocycles. The number of unbranched alkanes of at least 4 members (excludes halogenated alkanes) is 5. The molecule has 0 fully saturated rings. The summed E-state index contributed by atoms with van der Waals surface area (Å²) in [5, 5.41) is 10.2. The van der Waals surface area contributed by atoms with E-state index in [-0.39, 0.29) is 6.42 Å². The fourth-order valence-corrected chi connectivity index (χ4v) is 1.89. The second-order valence-corrected chi connectivity index (χ2v) is 4.97. The zero-order valence-electron chi connectivity index (χ0n) is 12.9. The minimum Gasteiger partial charge on any atom is -0.247 e. The quantitative estimate of drug-likeness (QED) is 0.322. The van der Waals surface area contributed by atoms with Crippen LogP contribution in [0.5, 0.6) is 0 Å². The Balaban J connectivity index is 3.23. The molecule has 0 aromatic carbocycles. The number of carbonyl (C=O) groups excluding carboxylic acids is 1. The second kappa shape index (κ2) is 15.7. The smallest absolute Gasteiger partial charge is 0.247 e. The highest BCUT2D eigenvalue weighted by Crippen LogP contribution is 2.07. The Hall–Kier alpha value is -1.31. The lowest BCUT2D eigenvalue weighted by molar-refractivity contribution is -0.143. The molecule has 0 bridgehead atoms. The van der Waals surface area contributed by atoms with Gasteiger partial charge in [-0.05, 0) is 38.5 Å². The number of allylic oxidation sites excluding steroid dienone is 6. The molecule has 0 rings (SSSR count). The van der Waals surface area contributed by atoms with Crippen LogP contribution in [0.1, 0.15) is 71.1 Å². The molecule has 0 N–H and O–H groups in total. The number of hydrogen-bond acceptors (Lipinski definition) is 1. The van der Waals surface area contributed by atoms with E-state index in [0.29, 0.717) is 0 Å². The Kier molecular flexibility index (Phi) is 14.7. The van der Waals surface area contributed by atoms with E-state index in [0.717, 1.165) is 44.9 Å². The van der Waals surface area contributed by atoms with Crippen LogP contribution < -0.4 is 0 Å². The van der Waals surface area contributed by atoms with E-state index in [1.807, 2.05) is 0 Å². The molecule has 0 aromatic heterocycles. The van der Waals surface area contributed by atoms with Crippen LogP contribution in [0.3, 0.4) is 0 Å². The lowest BCUT2D eigenvalue weighted by Crippen LogP contribution is -1.91. The van der Waals surface area contributed by atoms with Crippen molar-refractivity contribution in [3.63, 3.8) is 0 Å². The molecule has 0 amide bonds. The van der Waals surface area contributed by atoms with Crippen molar-refractivity contribution in [2.45, 2.75) is 71.1 Å². The van der Waals surface area contributed by atoms with E-state index in [9.17, 15) is 9.90 Å². The van der Waals surface area contributed by atoms with Crippen LogP contribution in [0.2, 0.25) is 0 Å². The van der Waals surface area contributed by atoms with Gasteiger partial charge in [0.1, 0.15) is 0 Å². The summed E-state index contributed by atoms with van der Waals surface area (Å²) in [6.45, 7) is 2.15. The summed E-state index contributed by atoms with van der Waals surface area (Å²) in [6, 6.07) is 0. The molecule has 0 saturated heterocycles. The zero-order chi connectivity index (χ0) is 14.9. The fraction of sp³-hybridized carbons (Fsp3) is 0.611. The summed E-state index contributed by atoms with van der Waals surface area (Å²) in [4.78, 5) is 10.2. The molecule has 0 unspecified atom stereocenters. The van der Waals surface area contributed by atoms with Gasteiger partial charge in [-0.15, -0.1) is 0 Å². The van der Waals surface area contributed by atoms with Gasteiger partial charge in [-0.1, -0.05) is 62.6 Å². The van der Waals surface area contributed by atoms with Crippen molar-refractivity contribution in [1.29, 1.82) is 0 Å². The highest BCUT2D eigenvalue weighted by molar-refractivity contribution is 5.66. The van der Waals surface area contributed by atoms with E-state index >= 15 is 0 Å². The first-order valence-electron chi connectivity index (χ1n) is 7.92. The highest BCUT2D eigenvalue weighted by atomic mass is 16.4. The molecule has 0 aromatic rings. The van der Waals surface area contributed by atoms with Gasteiger partial charge in [-0.3, -0.25) is 0 Å². The number of rotatable bonds is 13. The monoisotopic (exact) mass is 277 g/mol. The van der Waals surface area contributed by atoms with Crippen molar-refractivity contribution in [3.8, 4) is 0 Å². The van der Waals surface area contributed by atoms with Gasteiger partial charge in [0.15, 0.2) is 0 Å². The predicted molar refractivity (Wildman–Crippen MR) is 85.0 cm³/mol. The molecule has 0 aliphatic rings. The van der Waals surface area contributed by atoms with E-state index in [2.05, 4.69) is 43.4 Å². The molecule has 0 aliphatic carbocycles. The zero-order valence-corrected chi connectivity index (χ0v) is 12.9. The molecule has 2 nitrogen and oxygen atoms in total. The second-order valence-electron chi connectivity index (χ2n) is 4.97. The maximum Gasteiger partial charge on any atom is 0.355 e. The van der Waals surface area contributed by atoms with Crippen molar-refractivity contribution in [2.24, 2.45) is 0 Å². The van der Waals surface area contributed by atoms with Crippen molar-refractivity contribution < 1.29 is 9.90 Å². The van der Waals surface area contributed by atoms with Crippen molar-refractivity contribution >= 4 is 5.97 Å². The normalized spacial score (nSPS) is 12.1. The van der Waals surface area contributed by atoms with Crippen LogP contribution in [0.4, 0.5) is 0 Å². The van der Waals surface area contributed by atoms with E-state index in [1.54, 1.807) is 0 Å². The highest BCUT2D eigenvalue weighted by Gasteiger charge is 1.97. The van der Waals surface area contributed by atoms with Crippen molar-refractivity contribution in [2.75, 3.05) is 0 Å². The maximum absolute atomic E-state index is 10.2. The molecule has 0 saturated carbocycles. The fourth-order valence-electron chi connectivity index (χ4n) is 1.89. The van der Waals surface area contributed by atoms with Crippen molar-refractivity contribution in [3.05, 3.63) is 36.5 Å². The first-order chi connectivity index (χ1) is 9.77. The Bertz CT molecular complexity index is 301. The van der Waals surface area contributed by atoms with E-state index in [1.165, 1.54) is 12.8 Å². The molecule has 0 spiro atoms. The average Bonchev–Trinajstić information content (AvgIpc) is 2.43. The van der Waals surface area contributed by atoms with Gasteiger partial charge < -0.3 is 0 Å². The third kappa shape index (κ3) is 16.7. The van der Waals surface area contributed by atoms with Crippen LogP contribution in [-0.4, -0.2) is 5.97 Å². The standard InChI is InChI=1S/C18H29O2/c1-2-3-4-5-6-7-8-9-10-11-12-13-14-15-16-17-18(19)20/h3-4,6-7,9-10H,2,5,8,11-17H2,1H3/b4-3+,7-6+,10-9+. The van der Waals surface area contributed by atoms with Gasteiger partial charge in [-0.2, -0.15) is 0 Å². The summed E-state index contributed by atoms with van der Waals surface area (Å²) in [5.74, 6) is -0.925. The summed E-state index contributed by atoms with van der Waals surface area (Å²) in [7, 11) is 0. The lowest BCUT2D eigenvalue weighted by Gasteiger charge is -1.97. The average molecular weight is 277 g/mol. The van der Waals surface area contributed by atoms with Crippen LogP contribution in [-0.2, 0) is 9.90 Å². The molecule has 0 aliphatic heterocycles. The summed E-state index contributed by atoms with van der Waals surface area (Å²) < 4.78 is 0. The summed E-state index contributed by atoms with van der Waals surface area (Å²) in [5.41, 5.74) is 0. The topological polar surface area (TPSA) is 37.0 Å². The minimum absolute atomic E-state index is 0.208. The molecule has 2 heteroatoms. The van der Waals surface area contributed by atoms with Crippen molar-refractivity contribution in [1.82, 2.24) is 0 Å². The number of hydrogen-bond donors (Lipinski definition) is 0. The van der Waals surface area contributed by atoms with Crippen LogP contribution in [0, 0.1) is 0 Å². The lowest BCUT2D eigenvalue weighted by atomic mass is 10.1. The van der Waals surface area contributed by atoms with Gasteiger partial charge >= 0.3 is 5.97 Å². The molecule has 1 radical (unpaired) electrons. The van der Waals surface area contributed by atoms with Crippen LogP contribution in [0.15, 0.2) is 36.5 Å². The van der Waals surface area contributed by atoms with Gasteiger partial charge in [-0.25, -0.2) is 9.90 Å². The minimum atomic E-state index is -0.925. The van der Waals surface area contributed by atoms with Gasteiger partial charge in [0, 0.05) is 0 Å². The largest absolute Gasteiger partial charge is 0.355 e. The molecule has 20 heavy (non-hydrogen) atoms. The third-order valence-electron chi connectivity index (χ3n) is 3.03. The van der Waals surface area contributed by atoms with E-state index in [4.69, 9.17) is 0 Å². The SMILES string of the molecule is CC/C=C/C/C=C/C/C=C/CCCCCCCC([O])=O. The Morgan fingerprint density at radius 3 is 1.95 bits per heavy atom. The first-order valence-corrected chi connectivity index (χ1v) is 7.92. The third-order valence-corrected chi connectivity index (χ3v) is 3.03. The summed E-state index contributed by atoms with van der Waals surface area (Å²) >= 11 is 0. The Labute approximate surface area is 124 Å². The molecular weight excluding hydrogens is 248 g/mol. The molecule has 0 atom stereocenters. The summed E-state index contributed by atoms with van der Waals surface area (Å²) in [6.07, 6.45) is 23.0. The van der Waals surface area contributed by atoms with Gasteiger partial charge in [0.2, 0.25) is 0 Å². The Morgan fingerprint density at radius 1 is 0.750 bits per heavy atom. The molecular formula is C18H29O2. The first kappa shape index (κ1) is 18.7.